The van der Waals surface area contributed by atoms with Gasteiger partial charge in [0.1, 0.15) is 0 Å². The van der Waals surface area contributed by atoms with Crippen LogP contribution in [0.1, 0.15) is 61.9 Å². The van der Waals surface area contributed by atoms with Crippen LogP contribution >= 0.6 is 0 Å². The number of aryl methyl sites for hydroxylation is 2. The summed E-state index contributed by atoms with van der Waals surface area (Å²) in [4.78, 5) is 14.2. The number of hydrogen-bond donors (Lipinski definition) is 0. The fourth-order valence-corrected chi connectivity index (χ4v) is 11.5. The predicted molar refractivity (Wildman–Crippen MR) is 245 cm³/mol. The summed E-state index contributed by atoms with van der Waals surface area (Å²) in [6.07, 6.45) is 2.07. The van der Waals surface area contributed by atoms with E-state index in [1.165, 1.54) is 44.3 Å². The molecule has 5 aromatic carbocycles. The Balaban J connectivity index is 0.000000187. The molecule has 0 aliphatic heterocycles. The molecular formula is C52H49FGeIrN4O-2. The van der Waals surface area contributed by atoms with Crippen molar-refractivity contribution in [3.05, 3.63) is 162 Å². The first-order chi connectivity index (χ1) is 28.3. The van der Waals surface area contributed by atoms with Gasteiger partial charge in [0, 0.05) is 31.6 Å². The fourth-order valence-electron chi connectivity index (χ4n) is 7.95. The number of halogens is 1. The Morgan fingerprint density at radius 1 is 0.717 bits per heavy atom. The van der Waals surface area contributed by atoms with Crippen molar-refractivity contribution in [1.82, 2.24) is 19.5 Å². The van der Waals surface area contributed by atoms with Crippen molar-refractivity contribution in [2.24, 2.45) is 0 Å². The molecule has 0 unspecified atom stereocenters. The average molecular weight is 1030 g/mol. The van der Waals surface area contributed by atoms with E-state index < -0.39 is 13.3 Å². The molecule has 0 spiro atoms. The summed E-state index contributed by atoms with van der Waals surface area (Å²) in [5, 5.41) is 2.10. The first-order valence-corrected chi connectivity index (χ1v) is 27.7. The molecule has 8 heteroatoms. The third-order valence-corrected chi connectivity index (χ3v) is 15.4. The number of imidazole rings is 1. The minimum atomic E-state index is -1.88. The van der Waals surface area contributed by atoms with Crippen LogP contribution in [0.25, 0.3) is 72.6 Å². The van der Waals surface area contributed by atoms with Gasteiger partial charge < -0.3 is 4.57 Å². The molecule has 0 saturated heterocycles. The van der Waals surface area contributed by atoms with Crippen LogP contribution < -0.4 is 4.40 Å². The summed E-state index contributed by atoms with van der Waals surface area (Å²) < 4.78 is 23.8. The molecule has 0 bridgehead atoms. The third-order valence-electron chi connectivity index (χ3n) is 10.9. The van der Waals surface area contributed by atoms with Crippen LogP contribution in [-0.4, -0.2) is 32.8 Å². The second-order valence-corrected chi connectivity index (χ2v) is 27.6. The molecule has 0 aliphatic carbocycles. The van der Waals surface area contributed by atoms with Crippen LogP contribution in [0.2, 0.25) is 17.3 Å². The van der Waals surface area contributed by atoms with Crippen LogP contribution in [0.4, 0.5) is 4.39 Å². The maximum atomic E-state index is 14.2. The number of benzene rings is 5. The molecule has 5 nitrogen and oxygen atoms in total. The van der Waals surface area contributed by atoms with Crippen molar-refractivity contribution in [1.29, 1.82) is 0 Å². The van der Waals surface area contributed by atoms with Crippen molar-refractivity contribution in [3.8, 4) is 39.5 Å². The van der Waals surface area contributed by atoms with Crippen LogP contribution in [0.15, 0.2) is 126 Å². The van der Waals surface area contributed by atoms with Gasteiger partial charge in [-0.3, -0.25) is 4.98 Å². The topological polar surface area (TPSA) is 56.7 Å². The quantitative estimate of drug-likeness (QED) is 0.118. The number of pyridine rings is 2. The van der Waals surface area contributed by atoms with Crippen LogP contribution in [0, 0.1) is 31.8 Å². The molecule has 4 aromatic heterocycles. The van der Waals surface area contributed by atoms with Crippen molar-refractivity contribution >= 4 is 50.8 Å². The molecule has 0 N–H and O–H groups in total. The second-order valence-electron chi connectivity index (χ2n) is 17.0. The largest absolute Gasteiger partial charge is 0 e. The molecule has 9 aromatic rings. The Labute approximate surface area is 368 Å². The van der Waals surface area contributed by atoms with Gasteiger partial charge >= 0.3 is 150 Å². The van der Waals surface area contributed by atoms with Gasteiger partial charge in [0.25, 0.3) is 0 Å². The van der Waals surface area contributed by atoms with E-state index in [-0.39, 0.29) is 37.8 Å². The number of fused-ring (bicyclic) bond motifs is 4. The average Bonchev–Trinajstić information content (AvgIpc) is 3.78. The number of para-hydroxylation sites is 2. The van der Waals surface area contributed by atoms with E-state index in [9.17, 15) is 4.39 Å². The van der Waals surface area contributed by atoms with E-state index in [0.29, 0.717) is 17.1 Å². The second kappa shape index (κ2) is 17.4. The van der Waals surface area contributed by atoms with Crippen LogP contribution in [0.3, 0.4) is 0 Å². The monoisotopic (exact) mass is 1030 g/mol. The van der Waals surface area contributed by atoms with Gasteiger partial charge in [0.05, 0.1) is 16.9 Å². The number of rotatable bonds is 7. The summed E-state index contributed by atoms with van der Waals surface area (Å²) in [6, 6.07) is 44.6. The molecule has 0 saturated carbocycles. The summed E-state index contributed by atoms with van der Waals surface area (Å²) in [7, 11) is 0. The van der Waals surface area contributed by atoms with E-state index in [0.717, 1.165) is 50.0 Å². The zero-order valence-corrected chi connectivity index (χ0v) is 40.1. The van der Waals surface area contributed by atoms with Crippen LogP contribution in [-0.2, 0) is 20.1 Å². The molecule has 0 aliphatic rings. The Morgan fingerprint density at radius 3 is 2.08 bits per heavy atom. The van der Waals surface area contributed by atoms with Gasteiger partial charge in [-0.15, -0.1) is 29.8 Å². The minimum Gasteiger partial charge on any atom is 0 e. The third kappa shape index (κ3) is 8.54. The standard InChI is InChI=1S/C31H28FN2.C21H21GeN2O.Ir/c1-20(2)26-18-24(22-11-6-5-7-12-22)19-27(21(3)4)30(26)34-29-16-9-8-15-28(29)33-31(34)23-13-10-14-25(32)17-23;1-13-10-19(23-12-18(13)22(3,4)5)15-7-9-20-17(11-15)16-8-6-14(2)24-21(16)25-20;/h5-12,14-21H,1-4H3;6,8-12H,1-5H3;/q2*-1;. The number of hydrogen-bond acceptors (Lipinski definition) is 4. The molecule has 1 radical (unpaired) electrons. The van der Waals surface area contributed by atoms with Gasteiger partial charge in [-0.05, 0) is 58.4 Å². The molecule has 0 fully saturated rings. The Hall–Kier alpha value is -5.21. The first kappa shape index (κ1) is 42.9. The predicted octanol–water partition coefficient (Wildman–Crippen LogP) is 13.5. The van der Waals surface area contributed by atoms with Gasteiger partial charge in [0.15, 0.2) is 0 Å². The van der Waals surface area contributed by atoms with Gasteiger partial charge in [-0.2, -0.15) is 0 Å². The van der Waals surface area contributed by atoms with Gasteiger partial charge in [0.2, 0.25) is 0 Å². The Bertz CT molecular complexity index is 2950. The molecule has 0 amide bonds. The molecule has 0 atom stereocenters. The zero-order chi connectivity index (χ0) is 41.6. The normalized spacial score (nSPS) is 11.7. The molecule has 4 heterocycles. The number of furan rings is 1. The van der Waals surface area contributed by atoms with E-state index in [2.05, 4.69) is 140 Å². The number of aromatic nitrogens is 4. The van der Waals surface area contributed by atoms with Gasteiger partial charge in [-0.25, -0.2) is 4.39 Å². The smallest absolute Gasteiger partial charge is 0 e. The summed E-state index contributed by atoms with van der Waals surface area (Å²) in [5.74, 6) is 8.16. The zero-order valence-electron chi connectivity index (χ0n) is 35.6. The van der Waals surface area contributed by atoms with E-state index in [1.807, 2.05) is 43.3 Å². The molecular weight excluding hydrogens is 980 g/mol. The maximum Gasteiger partial charge on any atom is 0 e. The van der Waals surface area contributed by atoms with E-state index in [1.54, 1.807) is 6.07 Å². The van der Waals surface area contributed by atoms with Gasteiger partial charge in [-0.1, -0.05) is 70.2 Å². The number of nitrogens with zero attached hydrogens (tertiary/aromatic N) is 4. The van der Waals surface area contributed by atoms with Crippen LogP contribution in [0.5, 0.6) is 0 Å². The fraction of sp³-hybridized carbons (Fsp3) is 0.212. The van der Waals surface area contributed by atoms with Crippen molar-refractivity contribution in [2.75, 3.05) is 0 Å². The summed E-state index contributed by atoms with van der Waals surface area (Å²) in [6.45, 7) is 13.1. The SMILES string of the molecule is CC(C)c1cc(-c2ccccc2)cc(C(C)C)c1-n1c(-c2[c-]ccc(F)c2)nc2ccccc21.Cc1ccc2c(n1)oc1c[c-]c(-c3cc(C)[c]([Ge]([CH3])([CH3])[CH3])cn3)cc12.[Ir]. The summed E-state index contributed by atoms with van der Waals surface area (Å²) in [5.41, 5.74) is 14.3. The minimum absolute atomic E-state index is 0. The Morgan fingerprint density at radius 2 is 1.42 bits per heavy atom. The maximum absolute atomic E-state index is 14.2. The first-order valence-electron chi connectivity index (χ1n) is 20.3. The van der Waals surface area contributed by atoms with Crippen molar-refractivity contribution in [3.63, 3.8) is 0 Å². The summed E-state index contributed by atoms with van der Waals surface area (Å²) >= 11 is -1.88. The molecule has 9 rings (SSSR count). The van der Waals surface area contributed by atoms with E-state index in [4.69, 9.17) is 14.4 Å². The van der Waals surface area contributed by atoms with E-state index >= 15 is 0 Å². The van der Waals surface area contributed by atoms with Crippen molar-refractivity contribution in [2.45, 2.75) is 70.6 Å². The Kier molecular flexibility index (Phi) is 12.4. The molecule has 60 heavy (non-hydrogen) atoms. The van der Waals surface area contributed by atoms with Crippen molar-refractivity contribution < 1.29 is 28.9 Å². The molecule has 305 valence electrons.